The molecule has 2 heterocycles. The molecule has 5 heteroatoms. The van der Waals surface area contributed by atoms with E-state index in [1.807, 2.05) is 12.1 Å². The maximum absolute atomic E-state index is 11.3. The van der Waals surface area contributed by atoms with Crippen molar-refractivity contribution >= 4 is 0 Å². The molecule has 0 atom stereocenters. The van der Waals surface area contributed by atoms with Crippen LogP contribution < -0.4 is 10.5 Å². The molecule has 1 aromatic heterocycles. The van der Waals surface area contributed by atoms with Crippen molar-refractivity contribution < 1.29 is 9.26 Å². The van der Waals surface area contributed by atoms with Gasteiger partial charge in [0.25, 0.3) is 0 Å². The smallest absolute Gasteiger partial charge is 0.446 e. The molecule has 1 aromatic carbocycles. The standard InChI is InChI=1S/C9H6N2O3/c12-9-11-6-3-1-2-4-7(6)13-5-8(11)10-14-9/h1-4H,5H2. The van der Waals surface area contributed by atoms with Crippen molar-refractivity contribution in [2.45, 2.75) is 6.61 Å². The quantitative estimate of drug-likeness (QED) is 0.614. The summed E-state index contributed by atoms with van der Waals surface area (Å²) < 4.78 is 11.3. The van der Waals surface area contributed by atoms with Crippen LogP contribution in [0.4, 0.5) is 0 Å². The lowest BCUT2D eigenvalue weighted by molar-refractivity contribution is 0.274. The molecule has 0 saturated carbocycles. The minimum Gasteiger partial charge on any atom is -0.483 e. The lowest BCUT2D eigenvalue weighted by Crippen LogP contribution is -2.20. The average molecular weight is 190 g/mol. The summed E-state index contributed by atoms with van der Waals surface area (Å²) in [6.07, 6.45) is 0. The van der Waals surface area contributed by atoms with Gasteiger partial charge in [0.2, 0.25) is 0 Å². The second kappa shape index (κ2) is 2.47. The Morgan fingerprint density at radius 2 is 2.21 bits per heavy atom. The van der Waals surface area contributed by atoms with Gasteiger partial charge in [-0.2, -0.15) is 0 Å². The Balaban J connectivity index is 2.38. The van der Waals surface area contributed by atoms with E-state index in [0.717, 1.165) is 0 Å². The molecule has 0 unspecified atom stereocenters. The summed E-state index contributed by atoms with van der Waals surface area (Å²) >= 11 is 0. The average Bonchev–Trinajstić information content (AvgIpc) is 2.61. The molecule has 1 aliphatic rings. The number of para-hydroxylation sites is 2. The van der Waals surface area contributed by atoms with Crippen LogP contribution in [0.1, 0.15) is 5.82 Å². The van der Waals surface area contributed by atoms with Crippen LogP contribution in [0.2, 0.25) is 0 Å². The maximum atomic E-state index is 11.3. The van der Waals surface area contributed by atoms with Crippen LogP contribution in [0.15, 0.2) is 33.6 Å². The predicted octanol–water partition coefficient (Wildman–Crippen LogP) is 0.718. The van der Waals surface area contributed by atoms with Gasteiger partial charge in [-0.3, -0.25) is 4.52 Å². The summed E-state index contributed by atoms with van der Waals surface area (Å²) in [5.41, 5.74) is 0.681. The largest absolute Gasteiger partial charge is 0.483 e. The third-order valence-corrected chi connectivity index (χ3v) is 2.13. The molecule has 2 aromatic rings. The van der Waals surface area contributed by atoms with Gasteiger partial charge < -0.3 is 4.74 Å². The molecule has 5 nitrogen and oxygen atoms in total. The van der Waals surface area contributed by atoms with E-state index in [9.17, 15) is 4.79 Å². The second-order valence-electron chi connectivity index (χ2n) is 2.96. The number of hydrogen-bond acceptors (Lipinski definition) is 4. The monoisotopic (exact) mass is 190 g/mol. The van der Waals surface area contributed by atoms with E-state index in [2.05, 4.69) is 9.68 Å². The number of nitrogens with zero attached hydrogens (tertiary/aromatic N) is 2. The van der Waals surface area contributed by atoms with Crippen LogP contribution in [0.3, 0.4) is 0 Å². The van der Waals surface area contributed by atoms with Gasteiger partial charge in [-0.15, -0.1) is 0 Å². The molecule has 0 spiro atoms. The predicted molar refractivity (Wildman–Crippen MR) is 46.4 cm³/mol. The van der Waals surface area contributed by atoms with Crippen molar-refractivity contribution in [3.8, 4) is 11.4 Å². The van der Waals surface area contributed by atoms with Gasteiger partial charge in [0.1, 0.15) is 5.75 Å². The van der Waals surface area contributed by atoms with E-state index >= 15 is 0 Å². The Bertz CT molecular complexity index is 541. The van der Waals surface area contributed by atoms with Gasteiger partial charge in [0.15, 0.2) is 12.4 Å². The molecule has 3 rings (SSSR count). The van der Waals surface area contributed by atoms with Gasteiger partial charge in [-0.25, -0.2) is 9.36 Å². The Kier molecular flexibility index (Phi) is 1.30. The van der Waals surface area contributed by atoms with Crippen LogP contribution in [-0.2, 0) is 6.61 Å². The number of ether oxygens (including phenoxy) is 1. The van der Waals surface area contributed by atoms with Crippen LogP contribution in [0.5, 0.6) is 5.75 Å². The van der Waals surface area contributed by atoms with E-state index in [1.165, 1.54) is 4.57 Å². The molecule has 0 bridgehead atoms. The molecule has 1 aliphatic heterocycles. The fraction of sp³-hybridized carbons (Fsp3) is 0.111. The molecule has 0 radical (unpaired) electrons. The van der Waals surface area contributed by atoms with E-state index in [4.69, 9.17) is 4.74 Å². The van der Waals surface area contributed by atoms with Crippen LogP contribution >= 0.6 is 0 Å². The SMILES string of the molecule is O=c1onc2n1-c1ccccc1OC2. The van der Waals surface area contributed by atoms with Gasteiger partial charge >= 0.3 is 5.76 Å². The van der Waals surface area contributed by atoms with Gasteiger partial charge in [0, 0.05) is 0 Å². The van der Waals surface area contributed by atoms with Crippen molar-refractivity contribution in [3.63, 3.8) is 0 Å². The van der Waals surface area contributed by atoms with Gasteiger partial charge in [-0.05, 0) is 12.1 Å². The Labute approximate surface area is 78.5 Å². The summed E-state index contributed by atoms with van der Waals surface area (Å²) in [6, 6.07) is 7.27. The molecular formula is C9H6N2O3. The zero-order valence-corrected chi connectivity index (χ0v) is 7.14. The molecule has 0 N–H and O–H groups in total. The number of rotatable bonds is 0. The number of benzene rings is 1. The number of aromatic nitrogens is 2. The van der Waals surface area contributed by atoms with E-state index < -0.39 is 5.76 Å². The van der Waals surface area contributed by atoms with Crippen molar-refractivity contribution in [2.75, 3.05) is 0 Å². The number of fused-ring (bicyclic) bond motifs is 3. The maximum Gasteiger partial charge on any atom is 0.446 e. The summed E-state index contributed by atoms with van der Waals surface area (Å²) in [7, 11) is 0. The lowest BCUT2D eigenvalue weighted by Gasteiger charge is -2.16. The second-order valence-corrected chi connectivity index (χ2v) is 2.96. The third kappa shape index (κ3) is 0.834. The highest BCUT2D eigenvalue weighted by atomic mass is 16.5. The van der Waals surface area contributed by atoms with Crippen molar-refractivity contribution in [1.82, 2.24) is 9.72 Å². The van der Waals surface area contributed by atoms with E-state index in [0.29, 0.717) is 17.3 Å². The van der Waals surface area contributed by atoms with E-state index in [-0.39, 0.29) is 6.61 Å². The number of hydrogen-bond donors (Lipinski definition) is 0. The van der Waals surface area contributed by atoms with Crippen molar-refractivity contribution in [3.05, 3.63) is 40.6 Å². The first kappa shape index (κ1) is 7.37. The fourth-order valence-corrected chi connectivity index (χ4v) is 1.51. The van der Waals surface area contributed by atoms with Gasteiger partial charge in [-0.1, -0.05) is 17.3 Å². The molecular weight excluding hydrogens is 184 g/mol. The van der Waals surface area contributed by atoms with E-state index in [1.54, 1.807) is 12.1 Å². The summed E-state index contributed by atoms with van der Waals surface area (Å²) in [4.78, 5) is 11.3. The fourth-order valence-electron chi connectivity index (χ4n) is 1.51. The summed E-state index contributed by atoms with van der Waals surface area (Å²) in [6.45, 7) is 0.267. The lowest BCUT2D eigenvalue weighted by atomic mass is 10.2. The van der Waals surface area contributed by atoms with Crippen molar-refractivity contribution in [2.24, 2.45) is 0 Å². The van der Waals surface area contributed by atoms with Crippen molar-refractivity contribution in [1.29, 1.82) is 0 Å². The first-order chi connectivity index (χ1) is 6.86. The molecule has 70 valence electrons. The summed E-state index contributed by atoms with van der Waals surface area (Å²) in [5, 5.41) is 3.61. The Hall–Kier alpha value is -2.04. The van der Waals surface area contributed by atoms with Crippen LogP contribution in [0, 0.1) is 0 Å². The Morgan fingerprint density at radius 1 is 1.36 bits per heavy atom. The minimum atomic E-state index is -0.476. The third-order valence-electron chi connectivity index (χ3n) is 2.13. The molecule has 14 heavy (non-hydrogen) atoms. The molecule has 0 saturated heterocycles. The normalized spacial score (nSPS) is 12.9. The molecule has 0 aliphatic carbocycles. The first-order valence-electron chi connectivity index (χ1n) is 4.16. The Morgan fingerprint density at radius 3 is 3.14 bits per heavy atom. The molecule has 0 amide bonds. The van der Waals surface area contributed by atoms with Crippen LogP contribution in [0.25, 0.3) is 5.69 Å². The highest BCUT2D eigenvalue weighted by molar-refractivity contribution is 5.48. The van der Waals surface area contributed by atoms with Gasteiger partial charge in [0.05, 0.1) is 5.69 Å². The highest BCUT2D eigenvalue weighted by Gasteiger charge is 2.21. The van der Waals surface area contributed by atoms with Crippen LogP contribution in [-0.4, -0.2) is 9.72 Å². The highest BCUT2D eigenvalue weighted by Crippen LogP contribution is 2.26. The topological polar surface area (TPSA) is 57.3 Å². The zero-order valence-electron chi connectivity index (χ0n) is 7.14. The first-order valence-corrected chi connectivity index (χ1v) is 4.16. The molecule has 0 fully saturated rings. The summed E-state index contributed by atoms with van der Waals surface area (Å²) in [5.74, 6) is 0.690. The minimum absolute atomic E-state index is 0.267. The zero-order chi connectivity index (χ0) is 9.54.